The van der Waals surface area contributed by atoms with Crippen molar-refractivity contribution in [1.29, 1.82) is 0 Å². The Morgan fingerprint density at radius 3 is 2.94 bits per heavy atom. The fraction of sp³-hybridized carbons (Fsp3) is 0.500. The summed E-state index contributed by atoms with van der Waals surface area (Å²) < 4.78 is 5.07. The molecule has 0 aliphatic heterocycles. The van der Waals surface area contributed by atoms with Gasteiger partial charge in [-0.05, 0) is 31.0 Å². The van der Waals surface area contributed by atoms with Crippen molar-refractivity contribution in [3.05, 3.63) is 29.8 Å². The molecule has 0 amide bonds. The van der Waals surface area contributed by atoms with E-state index >= 15 is 0 Å². The van der Waals surface area contributed by atoms with Crippen LogP contribution >= 0.6 is 11.8 Å². The zero-order valence-corrected chi connectivity index (χ0v) is 11.7. The maximum Gasteiger partial charge on any atom is 0.316 e. The maximum absolute atomic E-state index is 11.4. The third-order valence-corrected chi connectivity index (χ3v) is 3.43. The molecule has 1 aromatic rings. The molecular formula is C14H20O3S. The van der Waals surface area contributed by atoms with Crippen molar-refractivity contribution in [3.63, 3.8) is 0 Å². The zero-order valence-electron chi connectivity index (χ0n) is 10.9. The molecule has 1 aromatic carbocycles. The highest BCUT2D eigenvalue weighted by Crippen LogP contribution is 2.22. The van der Waals surface area contributed by atoms with E-state index in [1.165, 1.54) is 11.8 Å². The number of esters is 1. The van der Waals surface area contributed by atoms with Crippen LogP contribution in [0.4, 0.5) is 0 Å². The lowest BCUT2D eigenvalue weighted by molar-refractivity contribution is -0.140. The van der Waals surface area contributed by atoms with E-state index < -0.39 is 6.10 Å². The molecule has 0 spiro atoms. The molecule has 4 heteroatoms. The zero-order chi connectivity index (χ0) is 13.4. The highest BCUT2D eigenvalue weighted by Gasteiger charge is 2.06. The third-order valence-electron chi connectivity index (χ3n) is 2.46. The first-order valence-corrected chi connectivity index (χ1v) is 7.18. The molecule has 1 atom stereocenters. The molecule has 1 N–H and O–H groups in total. The van der Waals surface area contributed by atoms with Crippen LogP contribution in [0.25, 0.3) is 0 Å². The summed E-state index contributed by atoms with van der Waals surface area (Å²) >= 11 is 1.43. The van der Waals surface area contributed by atoms with Gasteiger partial charge in [-0.25, -0.2) is 0 Å². The molecule has 1 unspecified atom stereocenters. The summed E-state index contributed by atoms with van der Waals surface area (Å²) in [6.45, 7) is 4.29. The second-order valence-corrected chi connectivity index (χ2v) is 5.16. The second-order valence-electron chi connectivity index (χ2n) is 4.11. The molecular weight excluding hydrogens is 248 g/mol. The molecule has 0 radical (unpaired) electrons. The molecule has 0 saturated heterocycles. The Balaban J connectivity index is 2.38. The Morgan fingerprint density at radius 2 is 2.28 bits per heavy atom. The van der Waals surface area contributed by atoms with E-state index in [4.69, 9.17) is 4.74 Å². The van der Waals surface area contributed by atoms with Gasteiger partial charge in [0.05, 0.1) is 18.5 Å². The Kier molecular flexibility index (Phi) is 6.83. The number of aliphatic hydroxyl groups is 1. The summed E-state index contributed by atoms with van der Waals surface area (Å²) in [5.41, 5.74) is 0.861. The van der Waals surface area contributed by atoms with E-state index in [1.807, 2.05) is 24.3 Å². The van der Waals surface area contributed by atoms with Crippen LogP contribution in [0.2, 0.25) is 0 Å². The van der Waals surface area contributed by atoms with Gasteiger partial charge in [0.1, 0.15) is 0 Å². The van der Waals surface area contributed by atoms with Crippen LogP contribution in [-0.2, 0) is 9.53 Å². The van der Waals surface area contributed by atoms with Crippen LogP contribution in [0.3, 0.4) is 0 Å². The number of rotatable bonds is 7. The summed E-state index contributed by atoms with van der Waals surface area (Å²) in [5, 5.41) is 9.47. The minimum Gasteiger partial charge on any atom is -0.465 e. The van der Waals surface area contributed by atoms with E-state index in [-0.39, 0.29) is 5.97 Å². The van der Waals surface area contributed by atoms with E-state index in [0.29, 0.717) is 12.4 Å². The fourth-order valence-electron chi connectivity index (χ4n) is 1.38. The molecule has 0 bridgehead atoms. The van der Waals surface area contributed by atoms with Gasteiger partial charge in [0.25, 0.3) is 0 Å². The lowest BCUT2D eigenvalue weighted by Gasteiger charge is -2.07. The second kappa shape index (κ2) is 8.16. The molecule has 0 saturated carbocycles. The number of ether oxygens (including phenoxy) is 1. The van der Waals surface area contributed by atoms with Crippen molar-refractivity contribution in [2.24, 2.45) is 0 Å². The van der Waals surface area contributed by atoms with Crippen LogP contribution in [-0.4, -0.2) is 23.4 Å². The van der Waals surface area contributed by atoms with E-state index in [0.717, 1.165) is 23.3 Å². The average molecular weight is 268 g/mol. The summed E-state index contributed by atoms with van der Waals surface area (Å²) in [6.07, 6.45) is 1.45. The number of unbranched alkanes of at least 4 members (excludes halogenated alkanes) is 1. The largest absolute Gasteiger partial charge is 0.465 e. The molecule has 18 heavy (non-hydrogen) atoms. The molecule has 0 aliphatic rings. The smallest absolute Gasteiger partial charge is 0.316 e. The minimum absolute atomic E-state index is 0.184. The molecule has 0 fully saturated rings. The fourth-order valence-corrected chi connectivity index (χ4v) is 2.14. The van der Waals surface area contributed by atoms with Crippen molar-refractivity contribution >= 4 is 17.7 Å². The van der Waals surface area contributed by atoms with Gasteiger partial charge >= 0.3 is 5.97 Å². The van der Waals surface area contributed by atoms with Crippen LogP contribution in [0, 0.1) is 0 Å². The normalized spacial score (nSPS) is 12.2. The van der Waals surface area contributed by atoms with Crippen molar-refractivity contribution < 1.29 is 14.6 Å². The number of benzene rings is 1. The predicted molar refractivity (Wildman–Crippen MR) is 73.7 cm³/mol. The molecule has 3 nitrogen and oxygen atoms in total. The monoisotopic (exact) mass is 268 g/mol. The van der Waals surface area contributed by atoms with Gasteiger partial charge in [-0.3, -0.25) is 4.79 Å². The number of carbonyl (C=O) groups excluding carboxylic acids is 1. The summed E-state index contributed by atoms with van der Waals surface area (Å²) in [7, 11) is 0. The van der Waals surface area contributed by atoms with Crippen LogP contribution in [0.5, 0.6) is 0 Å². The van der Waals surface area contributed by atoms with Gasteiger partial charge in [-0.2, -0.15) is 0 Å². The third kappa shape index (κ3) is 5.56. The van der Waals surface area contributed by atoms with Crippen molar-refractivity contribution in [2.45, 2.75) is 37.7 Å². The van der Waals surface area contributed by atoms with E-state index in [1.54, 1.807) is 6.92 Å². The Labute approximate surface area is 113 Å². The van der Waals surface area contributed by atoms with Gasteiger partial charge in [0.15, 0.2) is 0 Å². The number of hydrogen-bond donors (Lipinski definition) is 1. The minimum atomic E-state index is -0.484. The number of aliphatic hydroxyl groups excluding tert-OH is 1. The van der Waals surface area contributed by atoms with Gasteiger partial charge < -0.3 is 9.84 Å². The van der Waals surface area contributed by atoms with Crippen LogP contribution < -0.4 is 0 Å². The average Bonchev–Trinajstić information content (AvgIpc) is 2.37. The lowest BCUT2D eigenvalue weighted by atomic mass is 10.1. The molecule has 100 valence electrons. The Bertz CT molecular complexity index is 377. The standard InChI is InChI=1S/C14H20O3S/c1-3-4-8-17-14(16)10-18-13-7-5-6-12(9-13)11(2)15/h5-7,9,11,15H,3-4,8,10H2,1-2H3. The number of carbonyl (C=O) groups is 1. The Morgan fingerprint density at radius 1 is 1.50 bits per heavy atom. The first kappa shape index (κ1) is 15.1. The topological polar surface area (TPSA) is 46.5 Å². The van der Waals surface area contributed by atoms with Crippen LogP contribution in [0.1, 0.15) is 38.4 Å². The van der Waals surface area contributed by atoms with Gasteiger partial charge in [-0.15, -0.1) is 11.8 Å². The van der Waals surface area contributed by atoms with Gasteiger partial charge in [-0.1, -0.05) is 25.5 Å². The summed E-state index contributed by atoms with van der Waals surface area (Å²) in [5.74, 6) is 0.128. The first-order valence-electron chi connectivity index (χ1n) is 6.20. The Hall–Kier alpha value is -1.00. The van der Waals surface area contributed by atoms with Crippen LogP contribution in [0.15, 0.2) is 29.2 Å². The summed E-state index contributed by atoms with van der Waals surface area (Å²) in [4.78, 5) is 12.4. The lowest BCUT2D eigenvalue weighted by Crippen LogP contribution is -2.08. The molecule has 0 heterocycles. The molecule has 0 aromatic heterocycles. The van der Waals surface area contributed by atoms with Crippen molar-refractivity contribution in [1.82, 2.24) is 0 Å². The van der Waals surface area contributed by atoms with Gasteiger partial charge in [0, 0.05) is 4.90 Å². The van der Waals surface area contributed by atoms with Crippen molar-refractivity contribution in [2.75, 3.05) is 12.4 Å². The molecule has 1 rings (SSSR count). The SMILES string of the molecule is CCCCOC(=O)CSc1cccc(C(C)O)c1. The first-order chi connectivity index (χ1) is 8.63. The molecule has 0 aliphatic carbocycles. The van der Waals surface area contributed by atoms with Gasteiger partial charge in [0.2, 0.25) is 0 Å². The highest BCUT2D eigenvalue weighted by molar-refractivity contribution is 8.00. The number of hydrogen-bond acceptors (Lipinski definition) is 4. The quantitative estimate of drug-likeness (QED) is 0.469. The number of thioether (sulfide) groups is 1. The van der Waals surface area contributed by atoms with E-state index in [9.17, 15) is 9.90 Å². The predicted octanol–water partition coefficient (Wildman–Crippen LogP) is 3.18. The maximum atomic E-state index is 11.4. The van der Waals surface area contributed by atoms with E-state index in [2.05, 4.69) is 6.92 Å². The van der Waals surface area contributed by atoms with Crippen molar-refractivity contribution in [3.8, 4) is 0 Å². The summed E-state index contributed by atoms with van der Waals surface area (Å²) in [6, 6.07) is 7.58. The highest BCUT2D eigenvalue weighted by atomic mass is 32.2.